The lowest BCUT2D eigenvalue weighted by Gasteiger charge is -2.42. The van der Waals surface area contributed by atoms with Gasteiger partial charge < -0.3 is 15.2 Å². The molecule has 1 saturated heterocycles. The molecule has 7 nitrogen and oxygen atoms in total. The van der Waals surface area contributed by atoms with Crippen LogP contribution in [-0.2, 0) is 11.3 Å². The Kier molecular flexibility index (Phi) is 8.12. The number of piperazine rings is 1. The summed E-state index contributed by atoms with van der Waals surface area (Å²) in [5.41, 5.74) is 6.02. The van der Waals surface area contributed by atoms with Crippen molar-refractivity contribution >= 4 is 30.7 Å². The van der Waals surface area contributed by atoms with Gasteiger partial charge in [0.25, 0.3) is 0 Å². The number of carbonyl (C=O) groups excluding carboxylic acids is 1. The Morgan fingerprint density at radius 1 is 1.28 bits per heavy atom. The minimum Gasteiger partial charge on any atom is -0.340 e. The molecule has 3 rings (SSSR count). The van der Waals surface area contributed by atoms with E-state index in [9.17, 15) is 4.79 Å². The van der Waals surface area contributed by atoms with Crippen molar-refractivity contribution in [2.45, 2.75) is 51.6 Å². The van der Waals surface area contributed by atoms with Crippen LogP contribution < -0.4 is 5.73 Å². The first-order valence-corrected chi connectivity index (χ1v) is 8.55. The number of nitrogens with zero attached hydrogens (tertiary/aromatic N) is 4. The summed E-state index contributed by atoms with van der Waals surface area (Å²) in [6.45, 7) is 7.67. The monoisotopic (exact) mass is 393 g/mol. The molecule has 9 heteroatoms. The Morgan fingerprint density at radius 3 is 2.52 bits per heavy atom. The highest BCUT2D eigenvalue weighted by atomic mass is 35.5. The third kappa shape index (κ3) is 5.29. The molecule has 1 amide bonds. The first-order valence-electron chi connectivity index (χ1n) is 8.55. The molecule has 1 saturated carbocycles. The molecule has 25 heavy (non-hydrogen) atoms. The van der Waals surface area contributed by atoms with Crippen LogP contribution in [0.1, 0.15) is 44.3 Å². The average molecular weight is 394 g/mol. The quantitative estimate of drug-likeness (QED) is 0.841. The van der Waals surface area contributed by atoms with E-state index in [0.717, 1.165) is 51.9 Å². The fourth-order valence-electron chi connectivity index (χ4n) is 3.71. The van der Waals surface area contributed by atoms with Crippen molar-refractivity contribution in [1.29, 1.82) is 0 Å². The Hall–Kier alpha value is -0.890. The second kappa shape index (κ2) is 9.16. The van der Waals surface area contributed by atoms with Crippen molar-refractivity contribution in [3.63, 3.8) is 0 Å². The predicted octanol–water partition coefficient (Wildman–Crippen LogP) is 1.77. The molecule has 2 unspecified atom stereocenters. The van der Waals surface area contributed by atoms with Gasteiger partial charge in [-0.25, -0.2) is 0 Å². The third-order valence-corrected chi connectivity index (χ3v) is 5.16. The number of hydrogen-bond acceptors (Lipinski definition) is 6. The highest BCUT2D eigenvalue weighted by molar-refractivity contribution is 5.85. The number of aryl methyl sites for hydroxylation is 1. The van der Waals surface area contributed by atoms with E-state index in [0.29, 0.717) is 18.3 Å². The summed E-state index contributed by atoms with van der Waals surface area (Å²) in [4.78, 5) is 21.3. The number of amides is 1. The normalized spacial score (nSPS) is 27.3. The van der Waals surface area contributed by atoms with Gasteiger partial charge in [-0.15, -0.1) is 24.8 Å². The van der Waals surface area contributed by atoms with E-state index >= 15 is 0 Å². The van der Waals surface area contributed by atoms with Gasteiger partial charge in [0, 0.05) is 31.7 Å². The molecule has 144 valence electrons. The van der Waals surface area contributed by atoms with Crippen LogP contribution in [-0.4, -0.2) is 57.6 Å². The lowest BCUT2D eigenvalue weighted by molar-refractivity contribution is -0.140. The molecule has 2 aliphatic rings. The van der Waals surface area contributed by atoms with E-state index in [1.165, 1.54) is 0 Å². The minimum absolute atomic E-state index is 0. The van der Waals surface area contributed by atoms with Crippen LogP contribution in [0.15, 0.2) is 4.52 Å². The van der Waals surface area contributed by atoms with Gasteiger partial charge in [-0.05, 0) is 26.7 Å². The summed E-state index contributed by atoms with van der Waals surface area (Å²) >= 11 is 0. The highest BCUT2D eigenvalue weighted by Crippen LogP contribution is 2.33. The van der Waals surface area contributed by atoms with Crippen LogP contribution in [0.3, 0.4) is 0 Å². The van der Waals surface area contributed by atoms with E-state index < -0.39 is 0 Å². The van der Waals surface area contributed by atoms with Crippen LogP contribution >= 0.6 is 24.8 Å². The summed E-state index contributed by atoms with van der Waals surface area (Å²) in [6, 6.07) is 0. The largest absolute Gasteiger partial charge is 0.340 e. The molecular weight excluding hydrogens is 365 g/mol. The molecule has 2 fully saturated rings. The Bertz CT molecular complexity index is 558. The fraction of sp³-hybridized carbons (Fsp3) is 0.812. The third-order valence-electron chi connectivity index (χ3n) is 5.16. The summed E-state index contributed by atoms with van der Waals surface area (Å²) in [5, 5.41) is 3.81. The zero-order valence-corrected chi connectivity index (χ0v) is 16.6. The maximum Gasteiger partial charge on any atom is 0.240 e. The van der Waals surface area contributed by atoms with Gasteiger partial charge in [0.1, 0.15) is 0 Å². The molecule has 2 atom stereocenters. The van der Waals surface area contributed by atoms with E-state index in [-0.39, 0.29) is 42.2 Å². The van der Waals surface area contributed by atoms with Crippen molar-refractivity contribution in [3.05, 3.63) is 11.7 Å². The first-order chi connectivity index (χ1) is 11.0. The Labute approximate surface area is 161 Å². The number of halogens is 2. The van der Waals surface area contributed by atoms with E-state index in [2.05, 4.69) is 15.0 Å². The zero-order valence-electron chi connectivity index (χ0n) is 14.9. The summed E-state index contributed by atoms with van der Waals surface area (Å²) in [7, 11) is 0. The van der Waals surface area contributed by atoms with Crippen molar-refractivity contribution < 1.29 is 9.32 Å². The summed E-state index contributed by atoms with van der Waals surface area (Å²) in [6.07, 6.45) is 4.11. The van der Waals surface area contributed by atoms with Crippen LogP contribution in [0.25, 0.3) is 0 Å². The van der Waals surface area contributed by atoms with Gasteiger partial charge in [-0.3, -0.25) is 9.69 Å². The van der Waals surface area contributed by atoms with Gasteiger partial charge in [-0.2, -0.15) is 4.98 Å². The van der Waals surface area contributed by atoms with E-state index in [1.807, 2.05) is 18.7 Å². The predicted molar refractivity (Wildman–Crippen MR) is 99.9 cm³/mol. The molecule has 0 aromatic carbocycles. The van der Waals surface area contributed by atoms with Crippen molar-refractivity contribution in [3.8, 4) is 0 Å². The van der Waals surface area contributed by atoms with Crippen LogP contribution in [0, 0.1) is 12.8 Å². The number of carbonyl (C=O) groups is 1. The van der Waals surface area contributed by atoms with Crippen LogP contribution in [0.4, 0.5) is 0 Å². The highest BCUT2D eigenvalue weighted by Gasteiger charge is 2.40. The second-order valence-corrected chi connectivity index (χ2v) is 7.14. The standard InChI is InChI=1S/C16H27N5O2.2ClH/c1-12-18-14(23-19-12)11-20-7-9-21(10-8-20)15(22)13-5-3-4-6-16(13,2)17;;/h13H,3-11,17H2,1-2H3;2*1H. The molecule has 1 aliphatic heterocycles. The number of aromatic nitrogens is 2. The topological polar surface area (TPSA) is 88.5 Å². The van der Waals surface area contributed by atoms with E-state index in [4.69, 9.17) is 10.3 Å². The molecule has 1 aromatic heterocycles. The second-order valence-electron chi connectivity index (χ2n) is 7.14. The number of nitrogens with two attached hydrogens (primary N) is 1. The van der Waals surface area contributed by atoms with Crippen LogP contribution in [0.5, 0.6) is 0 Å². The molecule has 1 aliphatic carbocycles. The molecular formula is C16H29Cl2N5O2. The average Bonchev–Trinajstić information content (AvgIpc) is 2.92. The Balaban J connectivity index is 0.00000156. The zero-order chi connectivity index (χ0) is 16.4. The minimum atomic E-state index is -0.353. The molecule has 0 radical (unpaired) electrons. The Morgan fingerprint density at radius 2 is 1.96 bits per heavy atom. The lowest BCUT2D eigenvalue weighted by Crippen LogP contribution is -2.57. The first kappa shape index (κ1) is 22.2. The van der Waals surface area contributed by atoms with Crippen molar-refractivity contribution in [1.82, 2.24) is 19.9 Å². The molecule has 0 spiro atoms. The molecule has 2 heterocycles. The SMILES string of the molecule is Cc1noc(CN2CCN(C(=O)C3CCCCC3(C)N)CC2)n1.Cl.Cl. The fourth-order valence-corrected chi connectivity index (χ4v) is 3.71. The molecule has 2 N–H and O–H groups in total. The number of hydrogen-bond donors (Lipinski definition) is 1. The molecule has 1 aromatic rings. The maximum absolute atomic E-state index is 12.8. The summed E-state index contributed by atoms with van der Waals surface area (Å²) in [5.74, 6) is 1.52. The maximum atomic E-state index is 12.8. The lowest BCUT2D eigenvalue weighted by atomic mass is 9.74. The van der Waals surface area contributed by atoms with Gasteiger partial charge >= 0.3 is 0 Å². The smallest absolute Gasteiger partial charge is 0.240 e. The van der Waals surface area contributed by atoms with Gasteiger partial charge in [0.15, 0.2) is 5.82 Å². The van der Waals surface area contributed by atoms with Gasteiger partial charge in [0.2, 0.25) is 11.8 Å². The molecule has 0 bridgehead atoms. The van der Waals surface area contributed by atoms with Gasteiger partial charge in [0.05, 0.1) is 12.5 Å². The van der Waals surface area contributed by atoms with Crippen molar-refractivity contribution in [2.24, 2.45) is 11.7 Å². The van der Waals surface area contributed by atoms with Gasteiger partial charge in [-0.1, -0.05) is 18.0 Å². The van der Waals surface area contributed by atoms with Crippen LogP contribution in [0.2, 0.25) is 0 Å². The van der Waals surface area contributed by atoms with E-state index in [1.54, 1.807) is 0 Å². The number of rotatable bonds is 3. The van der Waals surface area contributed by atoms with Crippen molar-refractivity contribution in [2.75, 3.05) is 26.2 Å². The summed E-state index contributed by atoms with van der Waals surface area (Å²) < 4.78 is 5.16.